The van der Waals surface area contributed by atoms with Crippen LogP contribution in [0.4, 0.5) is 5.69 Å². The number of amides is 1. The zero-order valence-corrected chi connectivity index (χ0v) is 15.7. The number of halogens is 1. The summed E-state index contributed by atoms with van der Waals surface area (Å²) in [6.07, 6.45) is 2.97. The van der Waals surface area contributed by atoms with E-state index >= 15 is 0 Å². The number of primary sulfonamides is 1. The minimum atomic E-state index is -3.59. The highest BCUT2D eigenvalue weighted by Crippen LogP contribution is 2.38. The summed E-state index contributed by atoms with van der Waals surface area (Å²) >= 11 is 6.16. The van der Waals surface area contributed by atoms with Crippen LogP contribution in [-0.4, -0.2) is 27.5 Å². The van der Waals surface area contributed by atoms with Crippen LogP contribution < -0.4 is 19.9 Å². The van der Waals surface area contributed by atoms with Gasteiger partial charge in [0.05, 0.1) is 10.8 Å². The Morgan fingerprint density at radius 2 is 1.89 bits per heavy atom. The molecule has 142 valence electrons. The monoisotopic (exact) mass is 408 g/mol. The van der Waals surface area contributed by atoms with E-state index in [-0.39, 0.29) is 11.7 Å². The molecule has 3 N–H and O–H groups in total. The van der Waals surface area contributed by atoms with Gasteiger partial charge < -0.3 is 14.8 Å². The molecule has 1 aliphatic rings. The molecular formula is C18H17ClN2O5S. The fourth-order valence-electron chi connectivity index (χ4n) is 2.50. The van der Waals surface area contributed by atoms with Crippen LogP contribution in [0.2, 0.25) is 5.02 Å². The molecule has 0 aliphatic carbocycles. The SMILES string of the molecule is NS(=O)(=O)Cc1ccc(NC(=O)/C=C/c2cc(Cl)c3c(c2)OCCO3)cc1. The summed E-state index contributed by atoms with van der Waals surface area (Å²) < 4.78 is 33.1. The lowest BCUT2D eigenvalue weighted by atomic mass is 10.1. The van der Waals surface area contributed by atoms with Crippen LogP contribution in [-0.2, 0) is 20.6 Å². The van der Waals surface area contributed by atoms with Gasteiger partial charge in [-0.25, -0.2) is 13.6 Å². The first-order valence-electron chi connectivity index (χ1n) is 7.98. The van der Waals surface area contributed by atoms with Gasteiger partial charge in [0.25, 0.3) is 0 Å². The van der Waals surface area contributed by atoms with E-state index in [1.165, 1.54) is 6.08 Å². The van der Waals surface area contributed by atoms with E-state index in [4.69, 9.17) is 26.2 Å². The highest BCUT2D eigenvalue weighted by molar-refractivity contribution is 7.88. The molecule has 3 rings (SSSR count). The van der Waals surface area contributed by atoms with Crippen LogP contribution in [0.1, 0.15) is 11.1 Å². The lowest BCUT2D eigenvalue weighted by molar-refractivity contribution is -0.111. The molecule has 0 spiro atoms. The Balaban J connectivity index is 1.64. The van der Waals surface area contributed by atoms with Gasteiger partial charge in [0.2, 0.25) is 15.9 Å². The minimum Gasteiger partial charge on any atom is -0.486 e. The summed E-state index contributed by atoms with van der Waals surface area (Å²) in [5, 5.41) is 8.10. The Labute approximate surface area is 161 Å². The minimum absolute atomic E-state index is 0.258. The van der Waals surface area contributed by atoms with Gasteiger partial charge in [-0.2, -0.15) is 0 Å². The molecule has 1 heterocycles. The van der Waals surface area contributed by atoms with Crippen molar-refractivity contribution in [2.24, 2.45) is 5.14 Å². The summed E-state index contributed by atoms with van der Waals surface area (Å²) in [5.41, 5.74) is 1.77. The van der Waals surface area contributed by atoms with E-state index in [9.17, 15) is 13.2 Å². The molecular weight excluding hydrogens is 392 g/mol. The molecule has 0 unspecified atom stereocenters. The summed E-state index contributed by atoms with van der Waals surface area (Å²) in [5.74, 6) is 0.440. The zero-order chi connectivity index (χ0) is 19.4. The van der Waals surface area contributed by atoms with Gasteiger partial charge in [-0.15, -0.1) is 0 Å². The first kappa shape index (κ1) is 19.2. The number of hydrogen-bond acceptors (Lipinski definition) is 5. The van der Waals surface area contributed by atoms with E-state index in [1.54, 1.807) is 42.5 Å². The highest BCUT2D eigenvalue weighted by atomic mass is 35.5. The predicted octanol–water partition coefficient (Wildman–Crippen LogP) is 2.55. The van der Waals surface area contributed by atoms with E-state index in [0.29, 0.717) is 46.5 Å². The average molecular weight is 409 g/mol. The molecule has 0 atom stereocenters. The van der Waals surface area contributed by atoms with E-state index in [1.807, 2.05) is 0 Å². The Kier molecular flexibility index (Phi) is 5.69. The molecule has 0 radical (unpaired) electrons. The number of ether oxygens (including phenoxy) is 2. The van der Waals surface area contributed by atoms with Crippen LogP contribution in [0.5, 0.6) is 11.5 Å². The van der Waals surface area contributed by atoms with Gasteiger partial charge in [0.15, 0.2) is 11.5 Å². The second-order valence-corrected chi connectivity index (χ2v) is 7.88. The molecule has 0 bridgehead atoms. The second-order valence-electron chi connectivity index (χ2n) is 5.85. The fourth-order valence-corrected chi connectivity index (χ4v) is 3.43. The molecule has 2 aromatic carbocycles. The van der Waals surface area contributed by atoms with Crippen molar-refractivity contribution in [3.05, 3.63) is 58.6 Å². The molecule has 0 aromatic heterocycles. The maximum absolute atomic E-state index is 12.1. The number of sulfonamides is 1. The summed E-state index contributed by atoms with van der Waals surface area (Å²) in [4.78, 5) is 12.1. The lowest BCUT2D eigenvalue weighted by Gasteiger charge is -2.19. The van der Waals surface area contributed by atoms with Crippen LogP contribution in [0, 0.1) is 0 Å². The standard InChI is InChI=1S/C18H17ClN2O5S/c19-15-9-13(10-16-18(15)26-8-7-25-16)3-6-17(22)21-14-4-1-12(2-5-14)11-27(20,23)24/h1-6,9-10H,7-8,11H2,(H,21,22)(H2,20,23,24)/b6-3+. The Morgan fingerprint density at radius 3 is 2.59 bits per heavy atom. The molecule has 9 heteroatoms. The van der Waals surface area contributed by atoms with Crippen molar-refractivity contribution in [1.82, 2.24) is 0 Å². The van der Waals surface area contributed by atoms with Crippen molar-refractivity contribution in [3.8, 4) is 11.5 Å². The summed E-state index contributed by atoms with van der Waals surface area (Å²) in [7, 11) is -3.59. The Hall–Kier alpha value is -2.55. The number of nitrogens with one attached hydrogen (secondary N) is 1. The summed E-state index contributed by atoms with van der Waals surface area (Å²) in [6.45, 7) is 0.888. The number of fused-ring (bicyclic) bond motifs is 1. The molecule has 0 fully saturated rings. The smallest absolute Gasteiger partial charge is 0.248 e. The van der Waals surface area contributed by atoms with E-state index in [0.717, 1.165) is 0 Å². The summed E-state index contributed by atoms with van der Waals surface area (Å²) in [6, 6.07) is 9.81. The molecule has 1 aliphatic heterocycles. The average Bonchev–Trinajstić information content (AvgIpc) is 2.60. The molecule has 1 amide bonds. The normalized spacial score (nSPS) is 13.6. The second kappa shape index (κ2) is 7.99. The number of hydrogen-bond donors (Lipinski definition) is 2. The van der Waals surface area contributed by atoms with Gasteiger partial charge in [0, 0.05) is 11.8 Å². The first-order valence-corrected chi connectivity index (χ1v) is 10.1. The Bertz CT molecular complexity index is 988. The van der Waals surface area contributed by atoms with Crippen LogP contribution in [0.25, 0.3) is 6.08 Å². The third-order valence-corrected chi connectivity index (χ3v) is 4.65. The van der Waals surface area contributed by atoms with Crippen molar-refractivity contribution >= 4 is 39.3 Å². The van der Waals surface area contributed by atoms with Crippen molar-refractivity contribution in [2.45, 2.75) is 5.75 Å². The third-order valence-electron chi connectivity index (χ3n) is 3.64. The number of benzene rings is 2. The molecule has 0 saturated carbocycles. The zero-order valence-electron chi connectivity index (χ0n) is 14.1. The number of carbonyl (C=O) groups excluding carboxylic acids is 1. The molecule has 0 saturated heterocycles. The third kappa shape index (κ3) is 5.46. The van der Waals surface area contributed by atoms with E-state index in [2.05, 4.69) is 5.32 Å². The van der Waals surface area contributed by atoms with Gasteiger partial charge in [-0.3, -0.25) is 4.79 Å². The number of rotatable bonds is 5. The highest BCUT2D eigenvalue weighted by Gasteiger charge is 2.16. The topological polar surface area (TPSA) is 108 Å². The van der Waals surface area contributed by atoms with Crippen molar-refractivity contribution in [3.63, 3.8) is 0 Å². The van der Waals surface area contributed by atoms with Crippen LogP contribution in [0.3, 0.4) is 0 Å². The van der Waals surface area contributed by atoms with Crippen LogP contribution >= 0.6 is 11.6 Å². The van der Waals surface area contributed by atoms with Crippen molar-refractivity contribution < 1.29 is 22.7 Å². The Morgan fingerprint density at radius 1 is 1.19 bits per heavy atom. The first-order chi connectivity index (χ1) is 12.8. The molecule has 7 nitrogen and oxygen atoms in total. The quantitative estimate of drug-likeness (QED) is 0.739. The number of nitrogens with two attached hydrogens (primary N) is 1. The van der Waals surface area contributed by atoms with Gasteiger partial charge in [-0.1, -0.05) is 23.7 Å². The van der Waals surface area contributed by atoms with Gasteiger partial charge in [-0.05, 0) is 41.5 Å². The van der Waals surface area contributed by atoms with Gasteiger partial charge >= 0.3 is 0 Å². The van der Waals surface area contributed by atoms with Gasteiger partial charge in [0.1, 0.15) is 13.2 Å². The maximum atomic E-state index is 12.1. The largest absolute Gasteiger partial charge is 0.486 e. The number of anilines is 1. The number of carbonyl (C=O) groups is 1. The maximum Gasteiger partial charge on any atom is 0.248 e. The van der Waals surface area contributed by atoms with Crippen molar-refractivity contribution in [2.75, 3.05) is 18.5 Å². The molecule has 2 aromatic rings. The predicted molar refractivity (Wildman–Crippen MR) is 103 cm³/mol. The van der Waals surface area contributed by atoms with E-state index < -0.39 is 10.0 Å². The van der Waals surface area contributed by atoms with Crippen LogP contribution in [0.15, 0.2) is 42.5 Å². The fraction of sp³-hybridized carbons (Fsp3) is 0.167. The van der Waals surface area contributed by atoms with Crippen molar-refractivity contribution in [1.29, 1.82) is 0 Å². The molecule has 27 heavy (non-hydrogen) atoms. The lowest BCUT2D eigenvalue weighted by Crippen LogP contribution is -2.15.